The van der Waals surface area contributed by atoms with Gasteiger partial charge in [-0.05, 0) is 29.3 Å². The molecule has 0 N–H and O–H groups in total. The lowest BCUT2D eigenvalue weighted by atomic mass is 10.1. The van der Waals surface area contributed by atoms with Gasteiger partial charge in [-0.1, -0.05) is 48.6 Å². The number of hydrogen-bond donors (Lipinski definition) is 0. The van der Waals surface area contributed by atoms with Gasteiger partial charge in [-0.15, -0.1) is 11.3 Å². The third-order valence-electron chi connectivity index (χ3n) is 4.30. The molecule has 0 atom stereocenters. The molecule has 0 aliphatic rings. The van der Waals surface area contributed by atoms with Crippen LogP contribution in [0.4, 0.5) is 5.69 Å². The van der Waals surface area contributed by atoms with Crippen LogP contribution in [0.2, 0.25) is 0 Å². The zero-order valence-electron chi connectivity index (χ0n) is 15.0. The molecule has 6 heteroatoms. The Balaban J connectivity index is 1.55. The number of rotatable bonds is 5. The van der Waals surface area contributed by atoms with Crippen molar-refractivity contribution in [2.75, 3.05) is 7.11 Å². The zero-order valence-corrected chi connectivity index (χ0v) is 15.8. The number of nitro groups is 1. The number of ether oxygens (including phenoxy) is 1. The van der Waals surface area contributed by atoms with E-state index < -0.39 is 0 Å². The third-order valence-corrected chi connectivity index (χ3v) is 5.37. The molecule has 138 valence electrons. The molecule has 0 radical (unpaired) electrons. The SMILES string of the molecule is COc1ccc2nc(-c3ccc(C=Cc4cccc([N+](=O)[O-])c4)cc3)sc2c1. The average Bonchev–Trinajstić information content (AvgIpc) is 3.16. The molecule has 4 rings (SSSR count). The van der Waals surface area contributed by atoms with Crippen LogP contribution in [0.5, 0.6) is 5.75 Å². The Labute approximate surface area is 165 Å². The number of benzene rings is 3. The standard InChI is InChI=1S/C22H16N2O3S/c1-27-19-11-12-20-21(14-19)28-22(23-20)17-9-7-15(8-10-17)5-6-16-3-2-4-18(13-16)24(25)26/h2-14H,1H3. The van der Waals surface area contributed by atoms with Gasteiger partial charge in [0.2, 0.25) is 0 Å². The minimum atomic E-state index is -0.389. The van der Waals surface area contributed by atoms with Crippen molar-refractivity contribution < 1.29 is 9.66 Å². The summed E-state index contributed by atoms with van der Waals surface area (Å²) in [5, 5.41) is 11.8. The summed E-state index contributed by atoms with van der Waals surface area (Å²) >= 11 is 1.63. The second-order valence-electron chi connectivity index (χ2n) is 6.16. The minimum Gasteiger partial charge on any atom is -0.497 e. The predicted octanol–water partition coefficient (Wildman–Crippen LogP) is 6.05. The molecule has 28 heavy (non-hydrogen) atoms. The van der Waals surface area contributed by atoms with Crippen LogP contribution in [0.15, 0.2) is 66.7 Å². The lowest BCUT2D eigenvalue weighted by Gasteiger charge is -1.98. The zero-order chi connectivity index (χ0) is 19.5. The molecule has 3 aromatic carbocycles. The van der Waals surface area contributed by atoms with Crippen LogP contribution >= 0.6 is 11.3 Å². The summed E-state index contributed by atoms with van der Waals surface area (Å²) in [5.74, 6) is 0.823. The van der Waals surface area contributed by atoms with Crippen LogP contribution < -0.4 is 4.74 Å². The highest BCUT2D eigenvalue weighted by Gasteiger charge is 2.07. The Morgan fingerprint density at radius 3 is 2.54 bits per heavy atom. The van der Waals surface area contributed by atoms with Gasteiger partial charge in [0, 0.05) is 17.7 Å². The fraction of sp³-hybridized carbons (Fsp3) is 0.0455. The maximum Gasteiger partial charge on any atom is 0.270 e. The fourth-order valence-corrected chi connectivity index (χ4v) is 3.83. The second kappa shape index (κ2) is 7.62. The Kier molecular flexibility index (Phi) is 4.87. The Morgan fingerprint density at radius 1 is 1.00 bits per heavy atom. The first-order valence-electron chi connectivity index (χ1n) is 8.60. The highest BCUT2D eigenvalue weighted by molar-refractivity contribution is 7.21. The van der Waals surface area contributed by atoms with Gasteiger partial charge >= 0.3 is 0 Å². The summed E-state index contributed by atoms with van der Waals surface area (Å²) in [4.78, 5) is 15.2. The summed E-state index contributed by atoms with van der Waals surface area (Å²) in [7, 11) is 1.66. The van der Waals surface area contributed by atoms with Crippen molar-refractivity contribution >= 4 is 39.4 Å². The maximum atomic E-state index is 10.9. The number of fused-ring (bicyclic) bond motifs is 1. The van der Waals surface area contributed by atoms with E-state index >= 15 is 0 Å². The quantitative estimate of drug-likeness (QED) is 0.237. The van der Waals surface area contributed by atoms with Crippen LogP contribution in [0, 0.1) is 10.1 Å². The topological polar surface area (TPSA) is 65.3 Å². The van der Waals surface area contributed by atoms with Crippen molar-refractivity contribution in [2.45, 2.75) is 0 Å². The largest absolute Gasteiger partial charge is 0.497 e. The van der Waals surface area contributed by atoms with Gasteiger partial charge in [0.25, 0.3) is 5.69 Å². The van der Waals surface area contributed by atoms with Gasteiger partial charge in [-0.25, -0.2) is 4.98 Å². The number of thiazole rings is 1. The average molecular weight is 388 g/mol. The van der Waals surface area contributed by atoms with Gasteiger partial charge in [0.1, 0.15) is 10.8 Å². The van der Waals surface area contributed by atoms with Gasteiger partial charge in [0.05, 0.1) is 22.2 Å². The number of hydrogen-bond acceptors (Lipinski definition) is 5. The van der Waals surface area contributed by atoms with E-state index in [1.54, 1.807) is 30.6 Å². The lowest BCUT2D eigenvalue weighted by molar-refractivity contribution is -0.384. The molecule has 0 spiro atoms. The first-order chi connectivity index (χ1) is 13.6. The van der Waals surface area contributed by atoms with Gasteiger partial charge in [0.15, 0.2) is 0 Å². The van der Waals surface area contributed by atoms with Crippen LogP contribution in [0.1, 0.15) is 11.1 Å². The van der Waals surface area contributed by atoms with Crippen LogP contribution in [0.25, 0.3) is 32.9 Å². The second-order valence-corrected chi connectivity index (χ2v) is 7.19. The molecule has 5 nitrogen and oxygen atoms in total. The minimum absolute atomic E-state index is 0.0879. The highest BCUT2D eigenvalue weighted by atomic mass is 32.1. The Hall–Kier alpha value is -3.51. The van der Waals surface area contributed by atoms with Crippen LogP contribution in [-0.4, -0.2) is 17.0 Å². The van der Waals surface area contributed by atoms with Crippen molar-refractivity contribution in [3.63, 3.8) is 0 Å². The maximum absolute atomic E-state index is 10.9. The lowest BCUT2D eigenvalue weighted by Crippen LogP contribution is -1.87. The fourth-order valence-electron chi connectivity index (χ4n) is 2.83. The number of non-ortho nitro benzene ring substituents is 1. The Bertz CT molecular complexity index is 1180. The van der Waals surface area contributed by atoms with Crippen molar-refractivity contribution in [3.8, 4) is 16.3 Å². The van der Waals surface area contributed by atoms with E-state index in [1.807, 2.05) is 60.7 Å². The number of nitro benzene ring substituents is 1. The number of aromatic nitrogens is 1. The summed E-state index contributed by atoms with van der Waals surface area (Å²) < 4.78 is 6.36. The van der Waals surface area contributed by atoms with Crippen molar-refractivity contribution in [1.29, 1.82) is 0 Å². The molecule has 4 aromatic rings. The van der Waals surface area contributed by atoms with Gasteiger partial charge in [-0.3, -0.25) is 10.1 Å². The first kappa shape index (κ1) is 17.9. The molecule has 0 bridgehead atoms. The predicted molar refractivity (Wildman–Crippen MR) is 114 cm³/mol. The molecule has 0 aliphatic carbocycles. The van der Waals surface area contributed by atoms with Crippen LogP contribution in [0.3, 0.4) is 0 Å². The van der Waals surface area contributed by atoms with Gasteiger partial charge < -0.3 is 4.74 Å². The van der Waals surface area contributed by atoms with Gasteiger partial charge in [-0.2, -0.15) is 0 Å². The van der Waals surface area contributed by atoms with E-state index in [0.717, 1.165) is 37.7 Å². The van der Waals surface area contributed by atoms with Crippen LogP contribution in [-0.2, 0) is 0 Å². The summed E-state index contributed by atoms with van der Waals surface area (Å²) in [6, 6.07) is 20.5. The molecule has 1 aromatic heterocycles. The summed E-state index contributed by atoms with van der Waals surface area (Å²) in [6.45, 7) is 0. The molecule has 0 aliphatic heterocycles. The molecule has 1 heterocycles. The van der Waals surface area contributed by atoms with Crippen molar-refractivity contribution in [2.24, 2.45) is 0 Å². The molecular weight excluding hydrogens is 372 g/mol. The normalized spacial score (nSPS) is 11.2. The Morgan fingerprint density at radius 2 is 1.79 bits per heavy atom. The monoisotopic (exact) mass is 388 g/mol. The molecule has 0 saturated carbocycles. The molecule has 0 saturated heterocycles. The van der Waals surface area contributed by atoms with E-state index in [0.29, 0.717) is 0 Å². The molecule has 0 unspecified atom stereocenters. The number of methoxy groups -OCH3 is 1. The number of nitrogens with zero attached hydrogens (tertiary/aromatic N) is 2. The van der Waals surface area contributed by atoms with Crippen molar-refractivity contribution in [1.82, 2.24) is 4.98 Å². The van der Waals surface area contributed by atoms with E-state index in [-0.39, 0.29) is 10.6 Å². The first-order valence-corrected chi connectivity index (χ1v) is 9.41. The highest BCUT2D eigenvalue weighted by Crippen LogP contribution is 2.32. The van der Waals surface area contributed by atoms with E-state index in [2.05, 4.69) is 4.98 Å². The molecule has 0 fully saturated rings. The third kappa shape index (κ3) is 3.77. The summed E-state index contributed by atoms with van der Waals surface area (Å²) in [6.07, 6.45) is 3.80. The van der Waals surface area contributed by atoms with E-state index in [4.69, 9.17) is 4.74 Å². The molecular formula is C22H16N2O3S. The van der Waals surface area contributed by atoms with E-state index in [9.17, 15) is 10.1 Å². The van der Waals surface area contributed by atoms with Crippen molar-refractivity contribution in [3.05, 3.63) is 88.0 Å². The summed E-state index contributed by atoms with van der Waals surface area (Å²) in [5.41, 5.74) is 3.89. The molecule has 0 amide bonds. The smallest absolute Gasteiger partial charge is 0.270 e. The van der Waals surface area contributed by atoms with E-state index in [1.165, 1.54) is 6.07 Å².